The van der Waals surface area contributed by atoms with Gasteiger partial charge in [0.05, 0.1) is 11.5 Å². The lowest BCUT2D eigenvalue weighted by Crippen LogP contribution is -2.68. The Morgan fingerprint density at radius 1 is 1.61 bits per heavy atom. The SMILES string of the molecule is CCOC(=O)C([NH3+])C(O)c1cccc([N+](=O)[O-])c1. The summed E-state index contributed by atoms with van der Waals surface area (Å²) < 4.78 is 4.73. The van der Waals surface area contributed by atoms with Gasteiger partial charge in [0.25, 0.3) is 5.69 Å². The molecule has 0 aliphatic carbocycles. The van der Waals surface area contributed by atoms with Crippen molar-refractivity contribution in [3.05, 3.63) is 39.9 Å². The van der Waals surface area contributed by atoms with Gasteiger partial charge in [0, 0.05) is 12.1 Å². The largest absolute Gasteiger partial charge is 0.462 e. The molecule has 0 saturated heterocycles. The number of quaternary nitrogens is 1. The molecule has 0 amide bonds. The van der Waals surface area contributed by atoms with Crippen LogP contribution in [0, 0.1) is 10.1 Å². The maximum atomic E-state index is 11.4. The standard InChI is InChI=1S/C11H14N2O5/c1-2-18-11(15)9(12)10(14)7-4-3-5-8(6-7)13(16)17/h3-6,9-10,14H,2,12H2,1H3/p+1. The van der Waals surface area contributed by atoms with Crippen molar-refractivity contribution in [3.63, 3.8) is 0 Å². The predicted octanol–water partition coefficient (Wildman–Crippen LogP) is -0.198. The van der Waals surface area contributed by atoms with Crippen LogP contribution in [-0.2, 0) is 9.53 Å². The number of benzene rings is 1. The van der Waals surface area contributed by atoms with Gasteiger partial charge >= 0.3 is 5.97 Å². The first-order chi connectivity index (χ1) is 8.47. The number of carbonyl (C=O) groups is 1. The highest BCUT2D eigenvalue weighted by Gasteiger charge is 2.29. The van der Waals surface area contributed by atoms with Crippen LogP contribution in [0.2, 0.25) is 0 Å². The lowest BCUT2D eigenvalue weighted by molar-refractivity contribution is -0.426. The van der Waals surface area contributed by atoms with E-state index >= 15 is 0 Å². The summed E-state index contributed by atoms with van der Waals surface area (Å²) in [6.07, 6.45) is -1.23. The molecule has 7 nitrogen and oxygen atoms in total. The van der Waals surface area contributed by atoms with Gasteiger partial charge in [-0.25, -0.2) is 4.79 Å². The first-order valence-corrected chi connectivity index (χ1v) is 5.39. The number of aliphatic hydroxyl groups is 1. The van der Waals surface area contributed by atoms with E-state index in [1.54, 1.807) is 6.92 Å². The van der Waals surface area contributed by atoms with Crippen LogP contribution in [0.1, 0.15) is 18.6 Å². The van der Waals surface area contributed by atoms with Gasteiger partial charge < -0.3 is 15.6 Å². The Hall–Kier alpha value is -1.99. The number of rotatable bonds is 5. The summed E-state index contributed by atoms with van der Waals surface area (Å²) in [5.74, 6) is -0.642. The summed E-state index contributed by atoms with van der Waals surface area (Å²) in [5.41, 5.74) is 3.62. The number of nitro benzene ring substituents is 1. The average Bonchev–Trinajstić information content (AvgIpc) is 2.37. The van der Waals surface area contributed by atoms with Crippen LogP contribution in [0.15, 0.2) is 24.3 Å². The molecule has 98 valence electrons. The molecule has 18 heavy (non-hydrogen) atoms. The van der Waals surface area contributed by atoms with Crippen LogP contribution >= 0.6 is 0 Å². The van der Waals surface area contributed by atoms with Crippen LogP contribution < -0.4 is 5.73 Å². The van der Waals surface area contributed by atoms with Crippen LogP contribution in [0.5, 0.6) is 0 Å². The number of ether oxygens (including phenoxy) is 1. The Bertz CT molecular complexity index is 449. The third-order valence-corrected chi connectivity index (χ3v) is 2.39. The van der Waals surface area contributed by atoms with Crippen molar-refractivity contribution < 1.29 is 25.3 Å². The molecule has 2 atom stereocenters. The van der Waals surface area contributed by atoms with E-state index < -0.39 is 23.0 Å². The highest BCUT2D eigenvalue weighted by atomic mass is 16.6. The quantitative estimate of drug-likeness (QED) is 0.429. The summed E-state index contributed by atoms with van der Waals surface area (Å²) in [5, 5.41) is 20.5. The normalized spacial score (nSPS) is 13.7. The maximum Gasteiger partial charge on any atom is 0.367 e. The smallest absolute Gasteiger partial charge is 0.367 e. The number of nitro groups is 1. The molecule has 0 aromatic heterocycles. The van der Waals surface area contributed by atoms with Gasteiger partial charge in [-0.15, -0.1) is 0 Å². The van der Waals surface area contributed by atoms with Crippen molar-refractivity contribution in [2.45, 2.75) is 19.1 Å². The molecule has 0 aliphatic heterocycles. The van der Waals surface area contributed by atoms with Crippen molar-refractivity contribution in [1.29, 1.82) is 0 Å². The van der Waals surface area contributed by atoms with Crippen molar-refractivity contribution >= 4 is 11.7 Å². The van der Waals surface area contributed by atoms with Crippen molar-refractivity contribution in [3.8, 4) is 0 Å². The molecule has 7 heteroatoms. The van der Waals surface area contributed by atoms with Crippen LogP contribution in [0.25, 0.3) is 0 Å². The Morgan fingerprint density at radius 2 is 2.28 bits per heavy atom. The molecule has 0 saturated carbocycles. The highest BCUT2D eigenvalue weighted by Crippen LogP contribution is 2.20. The number of carbonyl (C=O) groups excluding carboxylic acids is 1. The van der Waals surface area contributed by atoms with Gasteiger partial charge in [-0.05, 0) is 12.5 Å². The molecule has 2 unspecified atom stereocenters. The number of nitrogens with zero attached hydrogens (tertiary/aromatic N) is 1. The zero-order valence-corrected chi connectivity index (χ0v) is 9.91. The van der Waals surface area contributed by atoms with Gasteiger partial charge in [0.15, 0.2) is 0 Å². The molecular weight excluding hydrogens is 240 g/mol. The molecule has 1 aromatic carbocycles. The van der Waals surface area contributed by atoms with Gasteiger partial charge in [0.2, 0.25) is 6.04 Å². The zero-order valence-electron chi connectivity index (χ0n) is 9.91. The van der Waals surface area contributed by atoms with E-state index in [0.29, 0.717) is 0 Å². The van der Waals surface area contributed by atoms with E-state index in [0.717, 1.165) is 0 Å². The van der Waals surface area contributed by atoms with Gasteiger partial charge in [-0.3, -0.25) is 10.1 Å². The molecule has 0 radical (unpaired) electrons. The summed E-state index contributed by atoms with van der Waals surface area (Å²) in [6.45, 7) is 1.83. The second-order valence-electron chi connectivity index (χ2n) is 3.66. The molecule has 0 fully saturated rings. The molecular formula is C11H15N2O5+. The Morgan fingerprint density at radius 3 is 2.83 bits per heavy atom. The van der Waals surface area contributed by atoms with Crippen LogP contribution in [0.3, 0.4) is 0 Å². The second-order valence-corrected chi connectivity index (χ2v) is 3.66. The predicted molar refractivity (Wildman–Crippen MR) is 61.4 cm³/mol. The minimum Gasteiger partial charge on any atom is -0.462 e. The molecule has 0 heterocycles. The first-order valence-electron chi connectivity index (χ1n) is 5.39. The van der Waals surface area contributed by atoms with Crippen LogP contribution in [-0.4, -0.2) is 28.6 Å². The molecule has 4 N–H and O–H groups in total. The molecule has 0 aliphatic rings. The van der Waals surface area contributed by atoms with Crippen molar-refractivity contribution in [2.24, 2.45) is 0 Å². The molecule has 1 aromatic rings. The van der Waals surface area contributed by atoms with E-state index in [9.17, 15) is 20.0 Å². The monoisotopic (exact) mass is 255 g/mol. The van der Waals surface area contributed by atoms with E-state index in [-0.39, 0.29) is 17.9 Å². The highest BCUT2D eigenvalue weighted by molar-refractivity contribution is 5.75. The number of hydrogen-bond donors (Lipinski definition) is 2. The first kappa shape index (κ1) is 14.1. The Balaban J connectivity index is 2.89. The fourth-order valence-electron chi connectivity index (χ4n) is 1.43. The topological polar surface area (TPSA) is 117 Å². The maximum absolute atomic E-state index is 11.4. The number of esters is 1. The molecule has 0 spiro atoms. The van der Waals surface area contributed by atoms with E-state index in [2.05, 4.69) is 5.73 Å². The number of hydrogen-bond acceptors (Lipinski definition) is 5. The Labute approximate surface area is 103 Å². The van der Waals surface area contributed by atoms with E-state index in [4.69, 9.17) is 4.74 Å². The van der Waals surface area contributed by atoms with Crippen LogP contribution in [0.4, 0.5) is 5.69 Å². The lowest BCUT2D eigenvalue weighted by atomic mass is 10.0. The number of non-ortho nitro benzene ring substituents is 1. The average molecular weight is 255 g/mol. The minimum absolute atomic E-state index is 0.150. The summed E-state index contributed by atoms with van der Waals surface area (Å²) >= 11 is 0. The summed E-state index contributed by atoms with van der Waals surface area (Å²) in [7, 11) is 0. The third-order valence-electron chi connectivity index (χ3n) is 2.39. The van der Waals surface area contributed by atoms with Crippen molar-refractivity contribution in [2.75, 3.05) is 6.61 Å². The molecule has 0 bridgehead atoms. The van der Waals surface area contributed by atoms with E-state index in [1.165, 1.54) is 24.3 Å². The second kappa shape index (κ2) is 6.08. The van der Waals surface area contributed by atoms with Gasteiger partial charge in [-0.2, -0.15) is 0 Å². The number of aliphatic hydroxyl groups excluding tert-OH is 1. The zero-order chi connectivity index (χ0) is 13.7. The van der Waals surface area contributed by atoms with Crippen molar-refractivity contribution in [1.82, 2.24) is 0 Å². The fraction of sp³-hybridized carbons (Fsp3) is 0.364. The summed E-state index contributed by atoms with van der Waals surface area (Å²) in [4.78, 5) is 21.4. The van der Waals surface area contributed by atoms with Gasteiger partial charge in [0.1, 0.15) is 6.10 Å². The molecule has 1 rings (SSSR count). The fourth-order valence-corrected chi connectivity index (χ4v) is 1.43. The van der Waals surface area contributed by atoms with E-state index in [1.807, 2.05) is 0 Å². The lowest BCUT2D eigenvalue weighted by Gasteiger charge is -2.14. The van der Waals surface area contributed by atoms with Gasteiger partial charge in [-0.1, -0.05) is 12.1 Å². The summed E-state index contributed by atoms with van der Waals surface area (Å²) in [6, 6.07) is 4.43. The third kappa shape index (κ3) is 3.25. The Kier molecular flexibility index (Phi) is 4.75. The minimum atomic E-state index is -1.23.